The van der Waals surface area contributed by atoms with E-state index in [1.165, 1.54) is 0 Å². The van der Waals surface area contributed by atoms with Crippen LogP contribution >= 0.6 is 0 Å². The van der Waals surface area contributed by atoms with Gasteiger partial charge in [0.15, 0.2) is 5.79 Å². The Morgan fingerprint density at radius 2 is 2.26 bits per heavy atom. The molecule has 0 radical (unpaired) electrons. The van der Waals surface area contributed by atoms with E-state index in [1.807, 2.05) is 33.8 Å². The van der Waals surface area contributed by atoms with E-state index in [0.717, 1.165) is 17.1 Å². The average molecular weight is 261 g/mol. The van der Waals surface area contributed by atoms with Gasteiger partial charge in [-0.2, -0.15) is 5.26 Å². The summed E-state index contributed by atoms with van der Waals surface area (Å²) in [6, 6.07) is 4.07. The molecule has 0 amide bonds. The van der Waals surface area contributed by atoms with Crippen LogP contribution in [-0.4, -0.2) is 30.0 Å². The molecule has 1 N–H and O–H groups in total. The highest BCUT2D eigenvalue weighted by Gasteiger charge is 2.32. The first-order valence-electron chi connectivity index (χ1n) is 6.35. The normalized spacial score (nSPS) is 21.1. The number of ether oxygens (including phenoxy) is 2. The summed E-state index contributed by atoms with van der Waals surface area (Å²) in [6.07, 6.45) is -0.00433. The average Bonchev–Trinajstić information content (AvgIpc) is 2.66. The summed E-state index contributed by atoms with van der Waals surface area (Å²) < 4.78 is 11.2. The van der Waals surface area contributed by atoms with Gasteiger partial charge in [-0.15, -0.1) is 0 Å². The molecule has 5 heteroatoms. The number of anilines is 1. The van der Waals surface area contributed by atoms with Crippen molar-refractivity contribution in [2.45, 2.75) is 39.6 Å². The van der Waals surface area contributed by atoms with Gasteiger partial charge in [0, 0.05) is 12.2 Å². The van der Waals surface area contributed by atoms with Crippen molar-refractivity contribution in [1.82, 2.24) is 4.98 Å². The van der Waals surface area contributed by atoms with Crippen molar-refractivity contribution in [3.05, 3.63) is 23.0 Å². The predicted octanol–water partition coefficient (Wildman–Crippen LogP) is 2.13. The van der Waals surface area contributed by atoms with Crippen molar-refractivity contribution in [1.29, 1.82) is 5.26 Å². The highest BCUT2D eigenvalue weighted by Crippen LogP contribution is 2.24. The topological polar surface area (TPSA) is 67.2 Å². The number of nitriles is 1. The van der Waals surface area contributed by atoms with Gasteiger partial charge >= 0.3 is 0 Å². The second-order valence-electron chi connectivity index (χ2n) is 5.22. The molecule has 1 aromatic rings. The van der Waals surface area contributed by atoms with Gasteiger partial charge in [-0.25, -0.2) is 0 Å². The van der Waals surface area contributed by atoms with Crippen molar-refractivity contribution >= 4 is 5.69 Å². The highest BCUT2D eigenvalue weighted by atomic mass is 16.7. The van der Waals surface area contributed by atoms with Crippen LogP contribution in [0, 0.1) is 25.2 Å². The van der Waals surface area contributed by atoms with E-state index < -0.39 is 5.79 Å². The van der Waals surface area contributed by atoms with Crippen LogP contribution in [0.4, 0.5) is 5.69 Å². The predicted molar refractivity (Wildman–Crippen MR) is 71.8 cm³/mol. The number of nitrogens with zero attached hydrogens (tertiary/aromatic N) is 2. The van der Waals surface area contributed by atoms with Crippen LogP contribution < -0.4 is 5.32 Å². The van der Waals surface area contributed by atoms with E-state index in [0.29, 0.717) is 18.7 Å². The molecule has 0 aliphatic carbocycles. The van der Waals surface area contributed by atoms with E-state index in [2.05, 4.69) is 16.4 Å². The summed E-state index contributed by atoms with van der Waals surface area (Å²) in [5.74, 6) is -0.519. The van der Waals surface area contributed by atoms with Crippen LogP contribution in [0.3, 0.4) is 0 Å². The highest BCUT2D eigenvalue weighted by molar-refractivity contribution is 5.59. The Labute approximate surface area is 113 Å². The van der Waals surface area contributed by atoms with E-state index in [-0.39, 0.29) is 6.10 Å². The molecule has 1 aromatic heterocycles. The van der Waals surface area contributed by atoms with Gasteiger partial charge in [-0.3, -0.25) is 4.98 Å². The Kier molecular flexibility index (Phi) is 3.74. The number of rotatable bonds is 3. The smallest absolute Gasteiger partial charge is 0.163 e. The lowest BCUT2D eigenvalue weighted by Crippen LogP contribution is -2.26. The Balaban J connectivity index is 2.06. The van der Waals surface area contributed by atoms with Crippen LogP contribution in [0.2, 0.25) is 0 Å². The minimum Gasteiger partial charge on any atom is -0.381 e. The number of aromatic nitrogens is 1. The maximum atomic E-state index is 9.18. The first kappa shape index (κ1) is 13.8. The first-order chi connectivity index (χ1) is 8.91. The molecule has 2 rings (SSSR count). The number of hydrogen-bond donors (Lipinski definition) is 1. The second-order valence-corrected chi connectivity index (χ2v) is 5.22. The Morgan fingerprint density at radius 3 is 2.84 bits per heavy atom. The largest absolute Gasteiger partial charge is 0.381 e. The van der Waals surface area contributed by atoms with E-state index >= 15 is 0 Å². The Bertz CT molecular complexity index is 520. The minimum absolute atomic E-state index is 0.00433. The van der Waals surface area contributed by atoms with E-state index in [4.69, 9.17) is 9.47 Å². The fourth-order valence-corrected chi connectivity index (χ4v) is 2.20. The molecule has 0 aromatic carbocycles. The Hall–Kier alpha value is -1.64. The molecule has 19 heavy (non-hydrogen) atoms. The van der Waals surface area contributed by atoms with Crippen molar-refractivity contribution in [3.63, 3.8) is 0 Å². The number of aryl methyl sites for hydroxylation is 2. The number of pyridine rings is 1. The molecular formula is C14H19N3O2. The molecule has 0 spiro atoms. The van der Waals surface area contributed by atoms with Crippen molar-refractivity contribution in [2.24, 2.45) is 0 Å². The van der Waals surface area contributed by atoms with Gasteiger partial charge in [0.1, 0.15) is 12.2 Å². The number of nitrogens with one attached hydrogen (secondary N) is 1. The standard InChI is InChI=1S/C14H19N3O2/c1-9-5-13(12(6-15)10(2)17-9)16-7-11-8-18-14(3,4)19-11/h5,11H,7-8H2,1-4H3,(H,16,17). The quantitative estimate of drug-likeness (QED) is 0.902. The third-order valence-corrected chi connectivity index (χ3v) is 3.03. The fourth-order valence-electron chi connectivity index (χ4n) is 2.20. The maximum absolute atomic E-state index is 9.18. The van der Waals surface area contributed by atoms with Gasteiger partial charge in [-0.05, 0) is 33.8 Å². The van der Waals surface area contributed by atoms with Crippen LogP contribution in [-0.2, 0) is 9.47 Å². The SMILES string of the molecule is Cc1cc(NCC2COC(C)(C)O2)c(C#N)c(C)n1. The van der Waals surface area contributed by atoms with Crippen LogP contribution in [0.1, 0.15) is 30.8 Å². The van der Waals surface area contributed by atoms with Crippen molar-refractivity contribution < 1.29 is 9.47 Å². The molecule has 1 aliphatic heterocycles. The maximum Gasteiger partial charge on any atom is 0.163 e. The molecule has 102 valence electrons. The summed E-state index contributed by atoms with van der Waals surface area (Å²) in [6.45, 7) is 8.72. The zero-order valence-corrected chi connectivity index (χ0v) is 11.8. The summed E-state index contributed by atoms with van der Waals surface area (Å²) >= 11 is 0. The zero-order valence-electron chi connectivity index (χ0n) is 11.8. The molecule has 1 atom stereocenters. The molecule has 0 saturated carbocycles. The summed E-state index contributed by atoms with van der Waals surface area (Å²) in [4.78, 5) is 4.29. The van der Waals surface area contributed by atoms with Crippen LogP contribution in [0.5, 0.6) is 0 Å². The van der Waals surface area contributed by atoms with Crippen molar-refractivity contribution in [3.8, 4) is 6.07 Å². The van der Waals surface area contributed by atoms with Gasteiger partial charge < -0.3 is 14.8 Å². The molecule has 1 fully saturated rings. The zero-order chi connectivity index (χ0) is 14.0. The van der Waals surface area contributed by atoms with Gasteiger partial charge in [0.25, 0.3) is 0 Å². The third kappa shape index (κ3) is 3.22. The molecule has 0 bridgehead atoms. The lowest BCUT2D eigenvalue weighted by atomic mass is 10.1. The molecular weight excluding hydrogens is 242 g/mol. The molecule has 1 unspecified atom stereocenters. The summed E-state index contributed by atoms with van der Waals surface area (Å²) in [5.41, 5.74) is 3.03. The second kappa shape index (κ2) is 5.16. The summed E-state index contributed by atoms with van der Waals surface area (Å²) in [5, 5.41) is 12.4. The third-order valence-electron chi connectivity index (χ3n) is 3.03. The number of hydrogen-bond acceptors (Lipinski definition) is 5. The van der Waals surface area contributed by atoms with Crippen LogP contribution in [0.15, 0.2) is 6.07 Å². The lowest BCUT2D eigenvalue weighted by Gasteiger charge is -2.18. The van der Waals surface area contributed by atoms with Crippen LogP contribution in [0.25, 0.3) is 0 Å². The lowest BCUT2D eigenvalue weighted by molar-refractivity contribution is -0.136. The van der Waals surface area contributed by atoms with Gasteiger partial charge in [-0.1, -0.05) is 0 Å². The van der Waals surface area contributed by atoms with Gasteiger partial charge in [0.05, 0.1) is 23.6 Å². The molecule has 5 nitrogen and oxygen atoms in total. The summed E-state index contributed by atoms with van der Waals surface area (Å²) in [7, 11) is 0. The monoisotopic (exact) mass is 261 g/mol. The minimum atomic E-state index is -0.519. The van der Waals surface area contributed by atoms with E-state index in [1.54, 1.807) is 0 Å². The molecule has 1 saturated heterocycles. The fraction of sp³-hybridized carbons (Fsp3) is 0.571. The Morgan fingerprint density at radius 1 is 1.53 bits per heavy atom. The van der Waals surface area contributed by atoms with Crippen molar-refractivity contribution in [2.75, 3.05) is 18.5 Å². The van der Waals surface area contributed by atoms with Gasteiger partial charge in [0.2, 0.25) is 0 Å². The molecule has 1 aliphatic rings. The molecule has 2 heterocycles. The van der Waals surface area contributed by atoms with E-state index in [9.17, 15) is 5.26 Å². The first-order valence-corrected chi connectivity index (χ1v) is 6.35.